The quantitative estimate of drug-likeness (QED) is 0.752. The van der Waals surface area contributed by atoms with Crippen molar-refractivity contribution in [3.63, 3.8) is 0 Å². The minimum Gasteiger partial charge on any atom is -0.497 e. The van der Waals surface area contributed by atoms with E-state index in [-0.39, 0.29) is 6.61 Å². The van der Waals surface area contributed by atoms with Gasteiger partial charge in [-0.3, -0.25) is 0 Å². The first kappa shape index (κ1) is 17.7. The smallest absolute Gasteiger partial charge is 0.228 e. The predicted octanol–water partition coefficient (Wildman–Crippen LogP) is 1.10. The van der Waals surface area contributed by atoms with Gasteiger partial charge in [0, 0.05) is 0 Å². The van der Waals surface area contributed by atoms with Crippen molar-refractivity contribution in [2.45, 2.75) is 31.0 Å². The van der Waals surface area contributed by atoms with E-state index < -0.39 is 24.6 Å². The zero-order valence-electron chi connectivity index (χ0n) is 13.9. The molecule has 0 radical (unpaired) electrons. The van der Waals surface area contributed by atoms with E-state index in [1.165, 1.54) is 0 Å². The SMILES string of the molecule is COc1ccc(Cc2ccc(O[C@@H]3OC[C@@H](O)[C@H](O)[C@H]3O)cc2)cc1. The highest BCUT2D eigenvalue weighted by atomic mass is 16.7. The first-order valence-electron chi connectivity index (χ1n) is 8.11. The maximum Gasteiger partial charge on any atom is 0.228 e. The third-order valence-corrected chi connectivity index (χ3v) is 4.20. The summed E-state index contributed by atoms with van der Waals surface area (Å²) < 4.78 is 15.9. The minimum atomic E-state index is -1.30. The van der Waals surface area contributed by atoms with Gasteiger partial charge in [0.1, 0.15) is 29.8 Å². The van der Waals surface area contributed by atoms with Gasteiger partial charge in [0.2, 0.25) is 6.29 Å². The fraction of sp³-hybridized carbons (Fsp3) is 0.368. The van der Waals surface area contributed by atoms with Crippen molar-refractivity contribution in [3.05, 3.63) is 59.7 Å². The molecule has 0 amide bonds. The predicted molar refractivity (Wildman–Crippen MR) is 90.6 cm³/mol. The van der Waals surface area contributed by atoms with Gasteiger partial charge in [-0.05, 0) is 41.8 Å². The zero-order chi connectivity index (χ0) is 17.8. The number of aliphatic hydroxyl groups is 3. The largest absolute Gasteiger partial charge is 0.497 e. The number of hydrogen-bond acceptors (Lipinski definition) is 6. The highest BCUT2D eigenvalue weighted by Crippen LogP contribution is 2.22. The molecule has 1 aliphatic rings. The van der Waals surface area contributed by atoms with Gasteiger partial charge >= 0.3 is 0 Å². The van der Waals surface area contributed by atoms with Gasteiger partial charge < -0.3 is 29.5 Å². The molecule has 0 saturated carbocycles. The molecule has 0 unspecified atom stereocenters. The minimum absolute atomic E-state index is 0.0849. The Morgan fingerprint density at radius 2 is 1.44 bits per heavy atom. The molecule has 1 aliphatic heterocycles. The summed E-state index contributed by atoms with van der Waals surface area (Å²) >= 11 is 0. The van der Waals surface area contributed by atoms with E-state index in [0.29, 0.717) is 5.75 Å². The molecule has 0 aromatic heterocycles. The molecule has 1 heterocycles. The Labute approximate surface area is 146 Å². The number of benzene rings is 2. The average molecular weight is 346 g/mol. The fourth-order valence-corrected chi connectivity index (χ4v) is 2.68. The van der Waals surface area contributed by atoms with Crippen molar-refractivity contribution in [1.29, 1.82) is 0 Å². The Morgan fingerprint density at radius 3 is 2.00 bits per heavy atom. The van der Waals surface area contributed by atoms with E-state index in [2.05, 4.69) is 0 Å². The van der Waals surface area contributed by atoms with Crippen LogP contribution in [0.1, 0.15) is 11.1 Å². The first-order chi connectivity index (χ1) is 12.1. The summed E-state index contributed by atoms with van der Waals surface area (Å²) in [6.45, 7) is -0.0849. The van der Waals surface area contributed by atoms with Gasteiger partial charge in [-0.1, -0.05) is 24.3 Å². The highest BCUT2D eigenvalue weighted by molar-refractivity contribution is 5.34. The van der Waals surface area contributed by atoms with E-state index in [1.807, 2.05) is 36.4 Å². The Kier molecular flexibility index (Phi) is 5.55. The topological polar surface area (TPSA) is 88.4 Å². The zero-order valence-corrected chi connectivity index (χ0v) is 13.9. The molecule has 2 aromatic rings. The number of aliphatic hydroxyl groups excluding tert-OH is 3. The van der Waals surface area contributed by atoms with Crippen LogP contribution in [0, 0.1) is 0 Å². The van der Waals surface area contributed by atoms with Gasteiger partial charge in [-0.25, -0.2) is 0 Å². The summed E-state index contributed by atoms with van der Waals surface area (Å²) in [4.78, 5) is 0. The molecule has 3 rings (SSSR count). The Morgan fingerprint density at radius 1 is 0.880 bits per heavy atom. The first-order valence-corrected chi connectivity index (χ1v) is 8.11. The summed E-state index contributed by atoms with van der Waals surface area (Å²) in [5.74, 6) is 1.34. The maximum atomic E-state index is 9.89. The average Bonchev–Trinajstić information content (AvgIpc) is 2.64. The normalized spacial score (nSPS) is 26.2. The van der Waals surface area contributed by atoms with Crippen molar-refractivity contribution in [2.24, 2.45) is 0 Å². The molecule has 4 atom stereocenters. The van der Waals surface area contributed by atoms with Crippen LogP contribution in [0.5, 0.6) is 11.5 Å². The summed E-state index contributed by atoms with van der Waals surface area (Å²) in [7, 11) is 1.64. The van der Waals surface area contributed by atoms with Crippen molar-refractivity contribution >= 4 is 0 Å². The lowest BCUT2D eigenvalue weighted by molar-refractivity contribution is -0.242. The molecule has 0 aliphatic carbocycles. The standard InChI is InChI=1S/C19H22O6/c1-23-14-6-2-12(3-7-14)10-13-4-8-15(9-5-13)25-19-18(22)17(21)16(20)11-24-19/h2-9,16-22H,10-11H2,1H3/t16-,17+,18-,19+/m1/s1. The Balaban J connectivity index is 1.60. The van der Waals surface area contributed by atoms with Gasteiger partial charge in [-0.2, -0.15) is 0 Å². The lowest BCUT2D eigenvalue weighted by Crippen LogP contribution is -2.54. The molecule has 6 heteroatoms. The van der Waals surface area contributed by atoms with Crippen LogP contribution in [0.3, 0.4) is 0 Å². The van der Waals surface area contributed by atoms with Crippen LogP contribution in [-0.2, 0) is 11.2 Å². The molecule has 0 spiro atoms. The van der Waals surface area contributed by atoms with Crippen molar-refractivity contribution in [3.8, 4) is 11.5 Å². The molecular formula is C19H22O6. The molecule has 0 bridgehead atoms. The van der Waals surface area contributed by atoms with Crippen molar-refractivity contribution < 1.29 is 29.5 Å². The summed E-state index contributed by atoms with van der Waals surface area (Å²) in [5.41, 5.74) is 2.27. The fourth-order valence-electron chi connectivity index (χ4n) is 2.68. The van der Waals surface area contributed by atoms with Crippen LogP contribution in [0.15, 0.2) is 48.5 Å². The molecular weight excluding hydrogens is 324 g/mol. The van der Waals surface area contributed by atoms with Gasteiger partial charge in [0.25, 0.3) is 0 Å². The monoisotopic (exact) mass is 346 g/mol. The lowest BCUT2D eigenvalue weighted by atomic mass is 10.0. The number of methoxy groups -OCH3 is 1. The molecule has 3 N–H and O–H groups in total. The van der Waals surface area contributed by atoms with Gasteiger partial charge in [0.15, 0.2) is 0 Å². The van der Waals surface area contributed by atoms with E-state index in [9.17, 15) is 15.3 Å². The van der Waals surface area contributed by atoms with Crippen LogP contribution in [0.2, 0.25) is 0 Å². The molecule has 1 saturated heterocycles. The third-order valence-electron chi connectivity index (χ3n) is 4.20. The summed E-state index contributed by atoms with van der Waals surface area (Å²) in [6, 6.07) is 15.3. The Hall–Kier alpha value is -2.12. The van der Waals surface area contributed by atoms with Crippen LogP contribution in [0.25, 0.3) is 0 Å². The molecule has 2 aromatic carbocycles. The van der Waals surface area contributed by atoms with E-state index in [4.69, 9.17) is 14.2 Å². The van der Waals surface area contributed by atoms with E-state index in [0.717, 1.165) is 23.3 Å². The molecule has 25 heavy (non-hydrogen) atoms. The van der Waals surface area contributed by atoms with Crippen molar-refractivity contribution in [1.82, 2.24) is 0 Å². The maximum absolute atomic E-state index is 9.89. The summed E-state index contributed by atoms with van der Waals surface area (Å²) in [6.07, 6.45) is -3.93. The summed E-state index contributed by atoms with van der Waals surface area (Å²) in [5, 5.41) is 29.0. The second-order valence-electron chi connectivity index (χ2n) is 6.04. The third kappa shape index (κ3) is 4.29. The van der Waals surface area contributed by atoms with E-state index in [1.54, 1.807) is 19.2 Å². The van der Waals surface area contributed by atoms with Crippen LogP contribution in [-0.4, -0.2) is 53.6 Å². The Bertz CT molecular complexity index is 669. The highest BCUT2D eigenvalue weighted by Gasteiger charge is 2.38. The van der Waals surface area contributed by atoms with Crippen molar-refractivity contribution in [2.75, 3.05) is 13.7 Å². The second kappa shape index (κ2) is 7.84. The lowest BCUT2D eigenvalue weighted by Gasteiger charge is -2.34. The molecule has 1 fully saturated rings. The molecule has 134 valence electrons. The van der Waals surface area contributed by atoms with Crippen LogP contribution in [0.4, 0.5) is 0 Å². The molecule has 6 nitrogen and oxygen atoms in total. The number of rotatable bonds is 5. The number of ether oxygens (including phenoxy) is 3. The van der Waals surface area contributed by atoms with Gasteiger partial charge in [0.05, 0.1) is 13.7 Å². The van der Waals surface area contributed by atoms with Crippen LogP contribution >= 0.6 is 0 Å². The number of hydrogen-bond donors (Lipinski definition) is 3. The second-order valence-corrected chi connectivity index (χ2v) is 6.04. The van der Waals surface area contributed by atoms with E-state index >= 15 is 0 Å². The van der Waals surface area contributed by atoms with Gasteiger partial charge in [-0.15, -0.1) is 0 Å². The van der Waals surface area contributed by atoms with Crippen LogP contribution < -0.4 is 9.47 Å².